The van der Waals surface area contributed by atoms with E-state index in [1.165, 1.54) is 7.11 Å². The summed E-state index contributed by atoms with van der Waals surface area (Å²) in [4.78, 5) is 43.0. The highest BCUT2D eigenvalue weighted by atomic mass is 79.9. The first-order valence-corrected chi connectivity index (χ1v) is 8.90. The number of hydrogen-bond acceptors (Lipinski definition) is 4. The number of hydrogen-bond donors (Lipinski definition) is 0. The molecule has 2 atom stereocenters. The molecule has 0 bridgehead atoms. The van der Waals surface area contributed by atoms with Crippen LogP contribution in [0.1, 0.15) is 12.0 Å². The summed E-state index contributed by atoms with van der Waals surface area (Å²) in [5.41, 5.74) is -1.18. The van der Waals surface area contributed by atoms with Crippen molar-refractivity contribution in [3.05, 3.63) is 76.1 Å². The summed E-state index contributed by atoms with van der Waals surface area (Å²) in [5, 5.41) is 0. The molecule has 2 amide bonds. The van der Waals surface area contributed by atoms with Gasteiger partial charge in [0.1, 0.15) is 5.92 Å². The molecule has 6 nitrogen and oxygen atoms in total. The Bertz CT molecular complexity index is 937. The molecule has 7 heteroatoms. The van der Waals surface area contributed by atoms with Gasteiger partial charge in [-0.05, 0) is 24.3 Å². The zero-order valence-electron chi connectivity index (χ0n) is 14.4. The third kappa shape index (κ3) is 3.02. The number of imide groups is 1. The third-order valence-corrected chi connectivity index (χ3v) is 5.15. The van der Waals surface area contributed by atoms with E-state index in [-0.39, 0.29) is 6.42 Å². The summed E-state index contributed by atoms with van der Waals surface area (Å²) in [7, 11) is 1.17. The van der Waals surface area contributed by atoms with Crippen LogP contribution < -0.4 is 4.90 Å². The molecular weight excluding hydrogens is 412 g/mol. The predicted molar refractivity (Wildman–Crippen MR) is 101 cm³/mol. The van der Waals surface area contributed by atoms with E-state index >= 15 is 0 Å². The molecule has 27 heavy (non-hydrogen) atoms. The number of rotatable bonds is 4. The maximum Gasteiger partial charge on any atom is 0.399 e. The molecule has 0 saturated carbocycles. The van der Waals surface area contributed by atoms with Gasteiger partial charge in [-0.1, -0.05) is 46.3 Å². The zero-order chi connectivity index (χ0) is 19.6. The monoisotopic (exact) mass is 426 g/mol. The van der Waals surface area contributed by atoms with E-state index in [0.717, 1.165) is 9.37 Å². The lowest BCUT2D eigenvalue weighted by Gasteiger charge is -2.24. The zero-order valence-corrected chi connectivity index (χ0v) is 16.0. The van der Waals surface area contributed by atoms with Crippen molar-refractivity contribution in [2.24, 2.45) is 5.92 Å². The molecule has 2 aromatic rings. The fourth-order valence-corrected chi connectivity index (χ4v) is 3.58. The Balaban J connectivity index is 2.10. The van der Waals surface area contributed by atoms with Crippen molar-refractivity contribution >= 4 is 39.4 Å². The quantitative estimate of drug-likeness (QED) is 0.427. The minimum Gasteiger partial charge on any atom is -0.463 e. The predicted octanol–water partition coefficient (Wildman–Crippen LogP) is 3.32. The van der Waals surface area contributed by atoms with Crippen molar-refractivity contribution < 1.29 is 19.1 Å². The van der Waals surface area contributed by atoms with Crippen LogP contribution in [0.15, 0.2) is 59.1 Å². The fourth-order valence-electron chi connectivity index (χ4n) is 3.32. The second-order valence-electron chi connectivity index (χ2n) is 6.04. The maximum absolute atomic E-state index is 13.1. The first kappa shape index (κ1) is 18.8. The van der Waals surface area contributed by atoms with E-state index < -0.39 is 29.2 Å². The van der Waals surface area contributed by atoms with Crippen LogP contribution in [0.5, 0.6) is 0 Å². The highest BCUT2D eigenvalue weighted by molar-refractivity contribution is 9.10. The van der Waals surface area contributed by atoms with Gasteiger partial charge in [0, 0.05) is 16.5 Å². The Morgan fingerprint density at radius 3 is 2.37 bits per heavy atom. The number of benzene rings is 2. The second kappa shape index (κ2) is 7.33. The lowest BCUT2D eigenvalue weighted by Crippen LogP contribution is -2.45. The smallest absolute Gasteiger partial charge is 0.399 e. The average Bonchev–Trinajstić information content (AvgIpc) is 2.99. The van der Waals surface area contributed by atoms with Crippen LogP contribution in [0.3, 0.4) is 0 Å². The van der Waals surface area contributed by atoms with Gasteiger partial charge in [0.25, 0.3) is 0 Å². The molecule has 0 aromatic heterocycles. The average molecular weight is 427 g/mol. The van der Waals surface area contributed by atoms with Gasteiger partial charge < -0.3 is 4.74 Å². The van der Waals surface area contributed by atoms with Gasteiger partial charge in [-0.25, -0.2) is 11.4 Å². The van der Waals surface area contributed by atoms with Gasteiger partial charge in [0.2, 0.25) is 11.8 Å². The Labute approximate surface area is 164 Å². The molecule has 136 valence electrons. The first-order chi connectivity index (χ1) is 13.0. The molecule has 0 radical (unpaired) electrons. The number of anilines is 1. The topological polar surface area (TPSA) is 68.0 Å². The number of nitrogens with zero attached hydrogens (tertiary/aromatic N) is 2. The van der Waals surface area contributed by atoms with Crippen LogP contribution in [0.2, 0.25) is 0 Å². The Kier molecular flexibility index (Phi) is 5.10. The first-order valence-electron chi connectivity index (χ1n) is 8.10. The number of esters is 1. The van der Waals surface area contributed by atoms with Gasteiger partial charge >= 0.3 is 11.5 Å². The third-order valence-electron chi connectivity index (χ3n) is 4.62. The molecule has 2 aromatic carbocycles. The highest BCUT2D eigenvalue weighted by Crippen LogP contribution is 2.43. The molecule has 1 saturated heterocycles. The number of halogens is 1. The standard InChI is InChI=1S/C20H15BrN2O4/c1-22-20(19(26)27-2,13-6-4-3-5-7-13)16-12-17(24)23(18(16)25)15-10-8-14(21)9-11-15/h3-11,16H,12H2,2H3/t16-,20-/m0/s1. The van der Waals surface area contributed by atoms with Crippen LogP contribution in [-0.2, 0) is 24.7 Å². The normalized spacial score (nSPS) is 18.7. The molecule has 3 rings (SSSR count). The molecule has 1 aliphatic heterocycles. The Morgan fingerprint density at radius 2 is 1.81 bits per heavy atom. The summed E-state index contributed by atoms with van der Waals surface area (Å²) in [6.45, 7) is 7.73. The largest absolute Gasteiger partial charge is 0.463 e. The van der Waals surface area contributed by atoms with E-state index in [1.54, 1.807) is 54.6 Å². The van der Waals surface area contributed by atoms with E-state index in [2.05, 4.69) is 20.8 Å². The van der Waals surface area contributed by atoms with Crippen LogP contribution in [0.25, 0.3) is 4.85 Å². The van der Waals surface area contributed by atoms with E-state index in [4.69, 9.17) is 11.3 Å². The van der Waals surface area contributed by atoms with Crippen LogP contribution in [0, 0.1) is 12.5 Å². The van der Waals surface area contributed by atoms with E-state index in [1.807, 2.05) is 0 Å². The summed E-state index contributed by atoms with van der Waals surface area (Å²) >= 11 is 3.31. The van der Waals surface area contributed by atoms with Crippen LogP contribution >= 0.6 is 15.9 Å². The SMILES string of the molecule is [C-]#[N+][C@@](C(=O)OC)(c1ccccc1)[C@H]1CC(=O)N(c2ccc(Br)cc2)C1=O. The van der Waals surface area contributed by atoms with Gasteiger partial charge in [-0.3, -0.25) is 19.3 Å². The van der Waals surface area contributed by atoms with Crippen LogP contribution in [0.4, 0.5) is 5.69 Å². The molecule has 0 N–H and O–H groups in total. The highest BCUT2D eigenvalue weighted by Gasteiger charge is 2.63. The van der Waals surface area contributed by atoms with Crippen molar-refractivity contribution in [1.29, 1.82) is 0 Å². The van der Waals surface area contributed by atoms with Crippen molar-refractivity contribution in [2.45, 2.75) is 12.0 Å². The van der Waals surface area contributed by atoms with Crippen LogP contribution in [-0.4, -0.2) is 24.9 Å². The number of carbonyl (C=O) groups excluding carboxylic acids is 3. The molecule has 1 aliphatic rings. The van der Waals surface area contributed by atoms with Gasteiger partial charge in [-0.2, -0.15) is 0 Å². The van der Waals surface area contributed by atoms with Crippen molar-refractivity contribution in [3.63, 3.8) is 0 Å². The second-order valence-corrected chi connectivity index (χ2v) is 6.95. The summed E-state index contributed by atoms with van der Waals surface area (Å²) in [6.07, 6.45) is -0.249. The Hall–Kier alpha value is -2.98. The van der Waals surface area contributed by atoms with Crippen molar-refractivity contribution in [2.75, 3.05) is 12.0 Å². The van der Waals surface area contributed by atoms with E-state index in [9.17, 15) is 14.4 Å². The summed E-state index contributed by atoms with van der Waals surface area (Å²) < 4.78 is 5.67. The lowest BCUT2D eigenvalue weighted by atomic mass is 9.77. The van der Waals surface area contributed by atoms with Crippen molar-refractivity contribution in [1.82, 2.24) is 0 Å². The van der Waals surface area contributed by atoms with Gasteiger partial charge in [0.15, 0.2) is 0 Å². The number of amides is 2. The Morgan fingerprint density at radius 1 is 1.19 bits per heavy atom. The summed E-state index contributed by atoms with van der Waals surface area (Å²) in [5.74, 6) is -3.07. The molecule has 0 spiro atoms. The molecule has 0 unspecified atom stereocenters. The fraction of sp³-hybridized carbons (Fsp3) is 0.200. The summed E-state index contributed by atoms with van der Waals surface area (Å²) in [6, 6.07) is 14.9. The lowest BCUT2D eigenvalue weighted by molar-refractivity contribution is -0.149. The number of ether oxygens (including phenoxy) is 1. The number of methoxy groups -OCH3 is 1. The van der Waals surface area contributed by atoms with Gasteiger partial charge in [0.05, 0.1) is 12.8 Å². The molecular formula is C20H15BrN2O4. The van der Waals surface area contributed by atoms with Crippen molar-refractivity contribution in [3.8, 4) is 0 Å². The minimum absolute atomic E-state index is 0.249. The van der Waals surface area contributed by atoms with E-state index in [0.29, 0.717) is 11.3 Å². The molecule has 1 heterocycles. The minimum atomic E-state index is -1.91. The molecule has 1 fully saturated rings. The van der Waals surface area contributed by atoms with Gasteiger partial charge in [-0.15, -0.1) is 0 Å². The molecule has 0 aliphatic carbocycles. The maximum atomic E-state index is 13.1. The number of carbonyl (C=O) groups is 3.